The van der Waals surface area contributed by atoms with E-state index in [1.807, 2.05) is 48.5 Å². The Labute approximate surface area is 217 Å². The Morgan fingerprint density at radius 3 is 2.38 bits per heavy atom. The average molecular weight is 499 g/mol. The fourth-order valence-electron chi connectivity index (χ4n) is 4.98. The SMILES string of the molecule is Cc1ccccc1[C@H](OC[C@H](O)CN1CCN(Cc2nc3ccccc3c(=O)[nH]2)CC1)c1ccccc1. The summed E-state index contributed by atoms with van der Waals surface area (Å²) < 4.78 is 6.32. The standard InChI is InChI=1S/C30H34N4O3/c1-22-9-5-6-12-25(22)29(23-10-3-2-4-11-23)37-21-24(35)19-33-15-17-34(18-16-33)20-28-31-27-14-8-7-13-26(27)30(36)32-28/h2-14,24,29,35H,15-21H2,1H3,(H,31,32,36)/t24-,29-/m1/s1. The molecule has 0 unspecified atom stereocenters. The molecule has 0 saturated carbocycles. The highest BCUT2D eigenvalue weighted by Gasteiger charge is 2.22. The summed E-state index contributed by atoms with van der Waals surface area (Å²) >= 11 is 0. The number of β-amino-alcohol motifs (C(OH)–C–C–N with tert-alkyl or cyclic N) is 1. The highest BCUT2D eigenvalue weighted by Crippen LogP contribution is 2.28. The van der Waals surface area contributed by atoms with Crippen LogP contribution in [0.25, 0.3) is 10.9 Å². The van der Waals surface area contributed by atoms with E-state index in [1.165, 1.54) is 5.56 Å². The summed E-state index contributed by atoms with van der Waals surface area (Å²) in [6.07, 6.45) is -0.800. The summed E-state index contributed by atoms with van der Waals surface area (Å²) in [5, 5.41) is 11.4. The number of aromatic nitrogens is 2. The normalized spacial score (nSPS) is 16.6. The molecule has 0 spiro atoms. The number of nitrogens with zero attached hydrogens (tertiary/aromatic N) is 3. The lowest BCUT2D eigenvalue weighted by molar-refractivity contribution is -0.0151. The molecule has 0 radical (unpaired) electrons. The van der Waals surface area contributed by atoms with E-state index in [0.29, 0.717) is 24.3 Å². The lowest BCUT2D eigenvalue weighted by Gasteiger charge is -2.35. The molecule has 1 saturated heterocycles. The third-order valence-corrected chi connectivity index (χ3v) is 7.00. The number of hydrogen-bond acceptors (Lipinski definition) is 6. The van der Waals surface area contributed by atoms with Gasteiger partial charge in [-0.1, -0.05) is 66.7 Å². The number of aromatic amines is 1. The number of nitrogens with one attached hydrogen (secondary N) is 1. The number of benzene rings is 3. The number of ether oxygens (including phenoxy) is 1. The van der Waals surface area contributed by atoms with Crippen molar-refractivity contribution >= 4 is 10.9 Å². The molecular formula is C30H34N4O3. The molecule has 1 aliphatic heterocycles. The van der Waals surface area contributed by atoms with Gasteiger partial charge in [0.2, 0.25) is 0 Å². The van der Waals surface area contributed by atoms with Crippen molar-refractivity contribution in [1.82, 2.24) is 19.8 Å². The monoisotopic (exact) mass is 498 g/mol. The number of aliphatic hydroxyl groups is 1. The van der Waals surface area contributed by atoms with Crippen molar-refractivity contribution in [1.29, 1.82) is 0 Å². The Morgan fingerprint density at radius 2 is 1.59 bits per heavy atom. The number of aryl methyl sites for hydroxylation is 1. The molecule has 192 valence electrons. The average Bonchev–Trinajstić information content (AvgIpc) is 2.91. The van der Waals surface area contributed by atoms with Crippen molar-refractivity contribution in [2.45, 2.75) is 25.7 Å². The van der Waals surface area contributed by atoms with Gasteiger partial charge in [0, 0.05) is 32.7 Å². The zero-order valence-corrected chi connectivity index (χ0v) is 21.2. The van der Waals surface area contributed by atoms with Crippen LogP contribution in [0, 0.1) is 6.92 Å². The Bertz CT molecular complexity index is 1370. The zero-order chi connectivity index (χ0) is 25.6. The molecule has 7 heteroatoms. The van der Waals surface area contributed by atoms with Gasteiger partial charge in [0.15, 0.2) is 0 Å². The van der Waals surface area contributed by atoms with Gasteiger partial charge in [0.25, 0.3) is 5.56 Å². The molecule has 0 aliphatic carbocycles. The third kappa shape index (κ3) is 6.32. The minimum absolute atomic E-state index is 0.0955. The number of rotatable bonds is 9. The van der Waals surface area contributed by atoms with Crippen LogP contribution in [0.1, 0.15) is 28.6 Å². The fourth-order valence-corrected chi connectivity index (χ4v) is 4.98. The Hall–Kier alpha value is -3.36. The maximum Gasteiger partial charge on any atom is 0.258 e. The molecule has 1 fully saturated rings. The second-order valence-electron chi connectivity index (χ2n) is 9.74. The first-order valence-corrected chi connectivity index (χ1v) is 12.9. The van der Waals surface area contributed by atoms with Crippen LogP contribution in [0.3, 0.4) is 0 Å². The number of H-pyrrole nitrogens is 1. The van der Waals surface area contributed by atoms with Gasteiger partial charge >= 0.3 is 0 Å². The summed E-state index contributed by atoms with van der Waals surface area (Å²) in [6.45, 7) is 6.90. The molecular weight excluding hydrogens is 464 g/mol. The van der Waals surface area contributed by atoms with Gasteiger partial charge in [0.1, 0.15) is 11.9 Å². The van der Waals surface area contributed by atoms with E-state index in [4.69, 9.17) is 4.74 Å². The van der Waals surface area contributed by atoms with Crippen LogP contribution < -0.4 is 5.56 Å². The first-order chi connectivity index (χ1) is 18.1. The first kappa shape index (κ1) is 25.3. The van der Waals surface area contributed by atoms with E-state index in [9.17, 15) is 9.90 Å². The van der Waals surface area contributed by atoms with Crippen LogP contribution >= 0.6 is 0 Å². The van der Waals surface area contributed by atoms with Crippen molar-refractivity contribution in [2.75, 3.05) is 39.3 Å². The van der Waals surface area contributed by atoms with E-state index in [-0.39, 0.29) is 18.3 Å². The van der Waals surface area contributed by atoms with Gasteiger partial charge in [-0.2, -0.15) is 0 Å². The van der Waals surface area contributed by atoms with Crippen LogP contribution in [0.4, 0.5) is 0 Å². The smallest absolute Gasteiger partial charge is 0.258 e. The van der Waals surface area contributed by atoms with Gasteiger partial charge in [0.05, 0.1) is 30.2 Å². The van der Waals surface area contributed by atoms with Crippen LogP contribution in [-0.2, 0) is 11.3 Å². The van der Waals surface area contributed by atoms with Crippen LogP contribution in [-0.4, -0.2) is 70.3 Å². The molecule has 37 heavy (non-hydrogen) atoms. The summed E-state index contributed by atoms with van der Waals surface area (Å²) in [5.74, 6) is 0.689. The Morgan fingerprint density at radius 1 is 0.919 bits per heavy atom. The summed E-state index contributed by atoms with van der Waals surface area (Å²) in [4.78, 5) is 24.5. The topological polar surface area (TPSA) is 81.7 Å². The van der Waals surface area contributed by atoms with Crippen molar-refractivity contribution in [2.24, 2.45) is 0 Å². The largest absolute Gasteiger partial charge is 0.389 e. The number of para-hydroxylation sites is 1. The van der Waals surface area contributed by atoms with Gasteiger partial charge in [-0.25, -0.2) is 4.98 Å². The summed E-state index contributed by atoms with van der Waals surface area (Å²) in [5.41, 5.74) is 4.00. The second-order valence-corrected chi connectivity index (χ2v) is 9.74. The van der Waals surface area contributed by atoms with Gasteiger partial charge < -0.3 is 14.8 Å². The quantitative estimate of drug-likeness (QED) is 0.368. The fraction of sp³-hybridized carbons (Fsp3) is 0.333. The predicted molar refractivity (Wildman–Crippen MR) is 146 cm³/mol. The van der Waals surface area contributed by atoms with Crippen molar-refractivity contribution < 1.29 is 9.84 Å². The maximum absolute atomic E-state index is 12.4. The van der Waals surface area contributed by atoms with Crippen molar-refractivity contribution in [3.63, 3.8) is 0 Å². The van der Waals surface area contributed by atoms with Crippen LogP contribution in [0.2, 0.25) is 0 Å². The predicted octanol–water partition coefficient (Wildman–Crippen LogP) is 3.52. The molecule has 5 rings (SSSR count). The highest BCUT2D eigenvalue weighted by molar-refractivity contribution is 5.77. The molecule has 0 bridgehead atoms. The molecule has 2 atom stereocenters. The van der Waals surface area contributed by atoms with E-state index < -0.39 is 6.10 Å². The first-order valence-electron chi connectivity index (χ1n) is 12.9. The van der Waals surface area contributed by atoms with E-state index in [1.54, 1.807) is 6.07 Å². The molecule has 1 aromatic heterocycles. The molecule has 3 aromatic carbocycles. The summed E-state index contributed by atoms with van der Waals surface area (Å²) in [7, 11) is 0. The minimum Gasteiger partial charge on any atom is -0.389 e. The molecule has 7 nitrogen and oxygen atoms in total. The number of aliphatic hydroxyl groups excluding tert-OH is 1. The van der Waals surface area contributed by atoms with Gasteiger partial charge in [-0.05, 0) is 35.7 Å². The number of piperazine rings is 1. The summed E-state index contributed by atoms with van der Waals surface area (Å²) in [6, 6.07) is 25.8. The maximum atomic E-state index is 12.4. The Balaban J connectivity index is 1.14. The molecule has 2 heterocycles. The van der Waals surface area contributed by atoms with Crippen molar-refractivity contribution in [3.8, 4) is 0 Å². The van der Waals surface area contributed by atoms with Crippen LogP contribution in [0.15, 0.2) is 83.7 Å². The van der Waals surface area contributed by atoms with Crippen molar-refractivity contribution in [3.05, 3.63) is 112 Å². The highest BCUT2D eigenvalue weighted by atomic mass is 16.5. The molecule has 0 amide bonds. The van der Waals surface area contributed by atoms with E-state index in [0.717, 1.165) is 42.8 Å². The number of hydrogen-bond donors (Lipinski definition) is 2. The number of fused-ring (bicyclic) bond motifs is 1. The lowest BCUT2D eigenvalue weighted by Crippen LogP contribution is -2.49. The molecule has 2 N–H and O–H groups in total. The van der Waals surface area contributed by atoms with Gasteiger partial charge in [-0.3, -0.25) is 14.6 Å². The van der Waals surface area contributed by atoms with Crippen LogP contribution in [0.5, 0.6) is 0 Å². The van der Waals surface area contributed by atoms with E-state index in [2.05, 4.69) is 51.0 Å². The zero-order valence-electron chi connectivity index (χ0n) is 21.2. The molecule has 4 aromatic rings. The third-order valence-electron chi connectivity index (χ3n) is 7.00. The Kier molecular flexibility index (Phi) is 8.06. The minimum atomic E-state index is -0.583. The van der Waals surface area contributed by atoms with Gasteiger partial charge in [-0.15, -0.1) is 0 Å². The molecule has 1 aliphatic rings. The van der Waals surface area contributed by atoms with E-state index >= 15 is 0 Å². The lowest BCUT2D eigenvalue weighted by atomic mass is 9.97. The second kappa shape index (κ2) is 11.8.